The van der Waals surface area contributed by atoms with Crippen LogP contribution >= 0.6 is 0 Å². The third-order valence-electron chi connectivity index (χ3n) is 3.75. The quantitative estimate of drug-likeness (QED) is 0.367. The van der Waals surface area contributed by atoms with Gasteiger partial charge in [0.05, 0.1) is 12.5 Å². The van der Waals surface area contributed by atoms with Gasteiger partial charge in [0, 0.05) is 6.42 Å². The van der Waals surface area contributed by atoms with Crippen molar-refractivity contribution in [3.8, 4) is 0 Å². The van der Waals surface area contributed by atoms with Gasteiger partial charge >= 0.3 is 18.1 Å². The smallest absolute Gasteiger partial charge is 0.453 e. The van der Waals surface area contributed by atoms with E-state index in [0.717, 1.165) is 25.7 Å². The number of carboxylic acid groups (broad SMARTS) is 1. The number of rotatable bonds is 13. The molecule has 8 heteroatoms. The summed E-state index contributed by atoms with van der Waals surface area (Å²) in [6.45, 7) is -0.107. The van der Waals surface area contributed by atoms with E-state index in [1.807, 2.05) is 0 Å². The third kappa shape index (κ3) is 9.73. The van der Waals surface area contributed by atoms with Crippen LogP contribution in [-0.4, -0.2) is 29.8 Å². The van der Waals surface area contributed by atoms with Gasteiger partial charge < -0.3 is 5.11 Å². The SMILES string of the molecule is [O]CCCCCCCCC(CCCC(F)(F)C(F)(F)F)C(=O)O. The van der Waals surface area contributed by atoms with Crippen LogP contribution in [0.15, 0.2) is 0 Å². The average Bonchev–Trinajstić information content (AvgIpc) is 2.42. The lowest BCUT2D eigenvalue weighted by atomic mass is 9.94. The fraction of sp³-hybridized carbons (Fsp3) is 0.933. The number of alkyl halides is 5. The van der Waals surface area contributed by atoms with Gasteiger partial charge in [-0.15, -0.1) is 0 Å². The summed E-state index contributed by atoms with van der Waals surface area (Å²) < 4.78 is 61.5. The molecule has 0 heterocycles. The number of hydrogen-bond donors (Lipinski definition) is 1. The summed E-state index contributed by atoms with van der Waals surface area (Å²) in [5.41, 5.74) is 0. The Bertz CT molecular complexity index is 332. The monoisotopic (exact) mass is 347 g/mol. The molecule has 0 aliphatic rings. The summed E-state index contributed by atoms with van der Waals surface area (Å²) >= 11 is 0. The fourth-order valence-corrected chi connectivity index (χ4v) is 2.30. The maximum Gasteiger partial charge on any atom is 0.453 e. The average molecular weight is 347 g/mol. The van der Waals surface area contributed by atoms with Crippen molar-refractivity contribution in [2.24, 2.45) is 5.92 Å². The zero-order valence-corrected chi connectivity index (χ0v) is 13.0. The second-order valence-corrected chi connectivity index (χ2v) is 5.74. The van der Waals surface area contributed by atoms with E-state index in [4.69, 9.17) is 5.11 Å². The Morgan fingerprint density at radius 1 is 0.826 bits per heavy atom. The van der Waals surface area contributed by atoms with E-state index >= 15 is 0 Å². The number of halogens is 5. The molecule has 137 valence electrons. The Kier molecular flexibility index (Phi) is 10.3. The number of hydrogen-bond acceptors (Lipinski definition) is 1. The Balaban J connectivity index is 3.98. The van der Waals surface area contributed by atoms with Crippen molar-refractivity contribution in [2.75, 3.05) is 6.61 Å². The predicted molar refractivity (Wildman–Crippen MR) is 73.9 cm³/mol. The van der Waals surface area contributed by atoms with Crippen LogP contribution < -0.4 is 0 Å². The molecule has 1 radical (unpaired) electrons. The van der Waals surface area contributed by atoms with Gasteiger partial charge in [0.25, 0.3) is 0 Å². The molecule has 3 nitrogen and oxygen atoms in total. The fourth-order valence-electron chi connectivity index (χ4n) is 2.30. The second kappa shape index (κ2) is 10.8. The highest BCUT2D eigenvalue weighted by Crippen LogP contribution is 2.39. The largest absolute Gasteiger partial charge is 0.481 e. The molecule has 0 aliphatic carbocycles. The molecular weight excluding hydrogens is 323 g/mol. The Hall–Kier alpha value is -0.920. The third-order valence-corrected chi connectivity index (χ3v) is 3.75. The summed E-state index contributed by atoms with van der Waals surface area (Å²) in [6.07, 6.45) is -2.81. The van der Waals surface area contributed by atoms with E-state index < -0.39 is 36.8 Å². The molecule has 0 aromatic rings. The molecule has 0 rings (SSSR count). The van der Waals surface area contributed by atoms with Gasteiger partial charge in [-0.2, -0.15) is 22.0 Å². The summed E-state index contributed by atoms with van der Waals surface area (Å²) in [5.74, 6) is -6.81. The van der Waals surface area contributed by atoms with Crippen LogP contribution in [0.25, 0.3) is 0 Å². The predicted octanol–water partition coefficient (Wildman–Crippen LogP) is 5.22. The normalized spacial score (nSPS) is 14.0. The van der Waals surface area contributed by atoms with Crippen molar-refractivity contribution in [1.82, 2.24) is 0 Å². The molecule has 0 spiro atoms. The molecule has 0 aliphatic heterocycles. The Morgan fingerprint density at radius 3 is 1.78 bits per heavy atom. The van der Waals surface area contributed by atoms with Crippen molar-refractivity contribution < 1.29 is 37.0 Å². The first-order valence-corrected chi connectivity index (χ1v) is 7.87. The van der Waals surface area contributed by atoms with Crippen molar-refractivity contribution in [1.29, 1.82) is 0 Å². The molecule has 0 amide bonds. The van der Waals surface area contributed by atoms with Crippen LogP contribution in [0.2, 0.25) is 0 Å². The van der Waals surface area contributed by atoms with Crippen LogP contribution in [0.4, 0.5) is 22.0 Å². The van der Waals surface area contributed by atoms with E-state index in [1.54, 1.807) is 0 Å². The second-order valence-electron chi connectivity index (χ2n) is 5.74. The van der Waals surface area contributed by atoms with Gasteiger partial charge in [0.2, 0.25) is 0 Å². The van der Waals surface area contributed by atoms with Gasteiger partial charge in [-0.3, -0.25) is 4.79 Å². The molecule has 23 heavy (non-hydrogen) atoms. The summed E-state index contributed by atoms with van der Waals surface area (Å²) in [7, 11) is 0. The van der Waals surface area contributed by atoms with Crippen molar-refractivity contribution in [3.05, 3.63) is 0 Å². The highest BCUT2D eigenvalue weighted by atomic mass is 19.4. The molecular formula is C15H24F5O3. The highest BCUT2D eigenvalue weighted by molar-refractivity contribution is 5.69. The Morgan fingerprint density at radius 2 is 1.30 bits per heavy atom. The topological polar surface area (TPSA) is 57.2 Å². The van der Waals surface area contributed by atoms with Crippen LogP contribution in [0, 0.1) is 5.92 Å². The lowest BCUT2D eigenvalue weighted by Gasteiger charge is -2.20. The van der Waals surface area contributed by atoms with E-state index in [9.17, 15) is 31.9 Å². The van der Waals surface area contributed by atoms with Gasteiger partial charge in [0.1, 0.15) is 0 Å². The molecule has 1 atom stereocenters. The van der Waals surface area contributed by atoms with E-state index in [1.165, 1.54) is 0 Å². The lowest BCUT2D eigenvalue weighted by molar-refractivity contribution is -0.284. The minimum absolute atomic E-state index is 0.107. The zero-order valence-electron chi connectivity index (χ0n) is 13.0. The minimum Gasteiger partial charge on any atom is -0.481 e. The van der Waals surface area contributed by atoms with Crippen molar-refractivity contribution in [3.63, 3.8) is 0 Å². The molecule has 0 bridgehead atoms. The van der Waals surface area contributed by atoms with Gasteiger partial charge in [-0.25, -0.2) is 5.11 Å². The van der Waals surface area contributed by atoms with E-state index in [-0.39, 0.29) is 19.4 Å². The molecule has 1 N–H and O–H groups in total. The number of carbonyl (C=O) groups is 1. The van der Waals surface area contributed by atoms with Gasteiger partial charge in [0.15, 0.2) is 0 Å². The molecule has 0 aromatic heterocycles. The van der Waals surface area contributed by atoms with Gasteiger partial charge in [-0.1, -0.05) is 32.1 Å². The highest BCUT2D eigenvalue weighted by Gasteiger charge is 2.56. The summed E-state index contributed by atoms with van der Waals surface area (Å²) in [6, 6.07) is 0. The molecule has 0 aromatic carbocycles. The molecule has 0 saturated heterocycles. The maximum absolute atomic E-state index is 12.7. The van der Waals surface area contributed by atoms with Crippen LogP contribution in [0.1, 0.15) is 64.2 Å². The van der Waals surface area contributed by atoms with Crippen LogP contribution in [0.5, 0.6) is 0 Å². The first-order valence-electron chi connectivity index (χ1n) is 7.87. The maximum atomic E-state index is 12.7. The van der Waals surface area contributed by atoms with Crippen LogP contribution in [-0.2, 0) is 9.90 Å². The number of aliphatic carboxylic acids is 1. The summed E-state index contributed by atoms with van der Waals surface area (Å²) in [5, 5.41) is 19.2. The van der Waals surface area contributed by atoms with Crippen LogP contribution in [0.3, 0.4) is 0 Å². The zero-order chi connectivity index (χ0) is 17.9. The van der Waals surface area contributed by atoms with E-state index in [0.29, 0.717) is 12.8 Å². The summed E-state index contributed by atoms with van der Waals surface area (Å²) in [4.78, 5) is 11.0. The molecule has 0 saturated carbocycles. The molecule has 1 unspecified atom stereocenters. The van der Waals surface area contributed by atoms with Gasteiger partial charge in [-0.05, 0) is 25.7 Å². The first-order chi connectivity index (χ1) is 10.6. The lowest BCUT2D eigenvalue weighted by Crippen LogP contribution is -2.36. The minimum atomic E-state index is -5.59. The standard InChI is InChI=1S/C15H24F5O3/c16-14(17,15(18,19)20)10-7-9-12(13(22)23)8-5-3-1-2-4-6-11-21/h12H,1-11H2,(H,22,23). The number of carboxylic acids is 1. The van der Waals surface area contributed by atoms with Crippen molar-refractivity contribution in [2.45, 2.75) is 76.3 Å². The number of unbranched alkanes of at least 4 members (excludes halogenated alkanes) is 5. The first kappa shape index (κ1) is 22.1. The van der Waals surface area contributed by atoms with Crippen molar-refractivity contribution >= 4 is 5.97 Å². The van der Waals surface area contributed by atoms with E-state index in [2.05, 4.69) is 0 Å². The molecule has 0 fully saturated rings. The Labute approximate surface area is 132 Å².